The molecule has 0 spiro atoms. The van der Waals surface area contributed by atoms with E-state index in [1.165, 1.54) is 5.56 Å². The highest BCUT2D eigenvalue weighted by molar-refractivity contribution is 5.93. The summed E-state index contributed by atoms with van der Waals surface area (Å²) < 4.78 is 9.55. The Bertz CT molecular complexity index is 1280. The first-order valence-electron chi connectivity index (χ1n) is 10.8. The highest BCUT2D eigenvalue weighted by atomic mass is 16.5. The Balaban J connectivity index is 1.50. The number of nitrogens with zero attached hydrogens (tertiary/aromatic N) is 5. The molecular weight excluding hydrogens is 402 g/mol. The van der Waals surface area contributed by atoms with Crippen LogP contribution in [-0.2, 0) is 18.9 Å². The third-order valence-electron chi connectivity index (χ3n) is 5.99. The minimum absolute atomic E-state index is 0.000216. The van der Waals surface area contributed by atoms with Crippen molar-refractivity contribution >= 4 is 16.8 Å². The molecule has 0 aliphatic heterocycles. The van der Waals surface area contributed by atoms with Crippen LogP contribution in [0.5, 0.6) is 5.88 Å². The number of ketones is 1. The van der Waals surface area contributed by atoms with Gasteiger partial charge < -0.3 is 9.30 Å². The van der Waals surface area contributed by atoms with Gasteiger partial charge in [-0.3, -0.25) is 4.79 Å². The fourth-order valence-corrected chi connectivity index (χ4v) is 3.94. The van der Waals surface area contributed by atoms with Gasteiger partial charge in [0, 0.05) is 26.6 Å². The topological polar surface area (TPSA) is 74.8 Å². The van der Waals surface area contributed by atoms with E-state index in [0.717, 1.165) is 33.7 Å². The van der Waals surface area contributed by atoms with Gasteiger partial charge in [0.25, 0.3) is 0 Å². The first kappa shape index (κ1) is 21.7. The van der Waals surface area contributed by atoms with Crippen LogP contribution < -0.4 is 4.74 Å². The van der Waals surface area contributed by atoms with Crippen molar-refractivity contribution in [3.63, 3.8) is 0 Å². The van der Waals surface area contributed by atoms with Gasteiger partial charge in [-0.2, -0.15) is 10.1 Å². The molecule has 1 aromatic carbocycles. The van der Waals surface area contributed by atoms with Crippen LogP contribution in [0.15, 0.2) is 36.5 Å². The van der Waals surface area contributed by atoms with Crippen molar-refractivity contribution in [2.75, 3.05) is 6.61 Å². The van der Waals surface area contributed by atoms with Gasteiger partial charge in [-0.05, 0) is 37.8 Å². The lowest BCUT2D eigenvalue weighted by molar-refractivity contribution is -0.121. The van der Waals surface area contributed by atoms with Gasteiger partial charge in [0.15, 0.2) is 11.4 Å². The summed E-state index contributed by atoms with van der Waals surface area (Å²) in [4.78, 5) is 21.6. The molecule has 4 aromatic rings. The molecule has 0 saturated heterocycles. The Kier molecular flexibility index (Phi) is 5.82. The molecule has 0 fully saturated rings. The van der Waals surface area contributed by atoms with Gasteiger partial charge in [0.2, 0.25) is 5.88 Å². The number of hydrogen-bond acceptors (Lipinski definition) is 5. The van der Waals surface area contributed by atoms with E-state index in [9.17, 15) is 4.79 Å². The van der Waals surface area contributed by atoms with E-state index in [1.54, 1.807) is 4.68 Å². The number of rotatable bonds is 7. The van der Waals surface area contributed by atoms with Gasteiger partial charge in [-0.15, -0.1) is 0 Å². The number of Topliss-reactive ketones (excluding diaryl/α,β-unsaturated/α-hetero) is 1. The Hall–Kier alpha value is -3.48. The summed E-state index contributed by atoms with van der Waals surface area (Å²) in [5, 5.41) is 5.64. The molecule has 166 valence electrons. The number of hydrogen-bond donors (Lipinski definition) is 0. The highest BCUT2D eigenvalue weighted by Crippen LogP contribution is 2.31. The van der Waals surface area contributed by atoms with Crippen molar-refractivity contribution in [2.24, 2.45) is 14.1 Å². The van der Waals surface area contributed by atoms with E-state index >= 15 is 0 Å². The zero-order valence-corrected chi connectivity index (χ0v) is 19.5. The van der Waals surface area contributed by atoms with Crippen LogP contribution >= 0.6 is 0 Å². The second-order valence-corrected chi connectivity index (χ2v) is 8.54. The van der Waals surface area contributed by atoms with Crippen molar-refractivity contribution in [1.29, 1.82) is 0 Å². The van der Waals surface area contributed by atoms with Gasteiger partial charge in [-0.1, -0.05) is 36.8 Å². The molecule has 0 N–H and O–H groups in total. The monoisotopic (exact) mass is 431 g/mol. The van der Waals surface area contributed by atoms with Crippen LogP contribution in [0.4, 0.5) is 0 Å². The van der Waals surface area contributed by atoms with E-state index in [4.69, 9.17) is 4.74 Å². The van der Waals surface area contributed by atoms with Gasteiger partial charge in [0.05, 0.1) is 17.3 Å². The van der Waals surface area contributed by atoms with Crippen molar-refractivity contribution in [3.8, 4) is 17.3 Å². The van der Waals surface area contributed by atoms with Crippen molar-refractivity contribution in [2.45, 2.75) is 40.0 Å². The summed E-state index contributed by atoms with van der Waals surface area (Å²) in [5.74, 6) is 1.55. The lowest BCUT2D eigenvalue weighted by Crippen LogP contribution is -2.14. The average molecular weight is 432 g/mol. The summed E-state index contributed by atoms with van der Waals surface area (Å²) >= 11 is 0. The Morgan fingerprint density at radius 2 is 1.84 bits per heavy atom. The average Bonchev–Trinajstić information content (AvgIpc) is 3.26. The van der Waals surface area contributed by atoms with Crippen LogP contribution in [0, 0.1) is 20.8 Å². The molecule has 0 aliphatic carbocycles. The number of fused-ring (bicyclic) bond motifs is 1. The molecule has 4 rings (SSSR count). The molecule has 7 heteroatoms. The lowest BCUT2D eigenvalue weighted by atomic mass is 9.95. The normalized spacial score (nSPS) is 12.3. The molecule has 3 heterocycles. The van der Waals surface area contributed by atoms with Crippen LogP contribution in [0.3, 0.4) is 0 Å². The number of aromatic nitrogens is 5. The summed E-state index contributed by atoms with van der Waals surface area (Å²) in [6, 6.07) is 10.2. The number of aryl methyl sites for hydroxylation is 4. The van der Waals surface area contributed by atoms with Gasteiger partial charge in [-0.25, -0.2) is 9.67 Å². The number of ether oxygens (including phenoxy) is 1. The first-order valence-corrected chi connectivity index (χ1v) is 10.8. The zero-order valence-electron chi connectivity index (χ0n) is 19.5. The first-order chi connectivity index (χ1) is 15.2. The Morgan fingerprint density at radius 3 is 2.50 bits per heavy atom. The second kappa shape index (κ2) is 8.57. The quantitative estimate of drug-likeness (QED) is 0.433. The maximum atomic E-state index is 12.5. The molecule has 0 unspecified atom stereocenters. The maximum absolute atomic E-state index is 12.5. The van der Waals surface area contributed by atoms with Crippen LogP contribution in [-0.4, -0.2) is 36.7 Å². The minimum atomic E-state index is -0.000216. The van der Waals surface area contributed by atoms with Crippen molar-refractivity contribution < 1.29 is 9.53 Å². The molecule has 32 heavy (non-hydrogen) atoms. The van der Waals surface area contributed by atoms with E-state index in [1.807, 2.05) is 44.8 Å². The largest absolute Gasteiger partial charge is 0.470 e. The third-order valence-corrected chi connectivity index (χ3v) is 5.99. The molecule has 0 amide bonds. The fraction of sp³-hybridized carbons (Fsp3) is 0.360. The summed E-state index contributed by atoms with van der Waals surface area (Å²) in [5.41, 5.74) is 5.86. The van der Waals surface area contributed by atoms with Crippen molar-refractivity contribution in [3.05, 3.63) is 59.0 Å². The molecule has 0 aliphatic rings. The molecule has 3 aromatic heterocycles. The van der Waals surface area contributed by atoms with Crippen molar-refractivity contribution in [1.82, 2.24) is 24.3 Å². The Morgan fingerprint density at radius 1 is 1.12 bits per heavy atom. The predicted octanol–water partition coefficient (Wildman–Crippen LogP) is 4.44. The number of imidazole rings is 1. The van der Waals surface area contributed by atoms with Crippen LogP contribution in [0.25, 0.3) is 22.4 Å². The summed E-state index contributed by atoms with van der Waals surface area (Å²) in [6.45, 7) is 8.09. The number of pyridine rings is 1. The smallest absolute Gasteiger partial charge is 0.215 e. The number of benzene rings is 1. The number of carbonyl (C=O) groups is 1. The molecular formula is C25H29N5O2. The van der Waals surface area contributed by atoms with Gasteiger partial charge in [0.1, 0.15) is 18.1 Å². The SMILES string of the molecule is Cc1ccc([C@H](C)CC(=O)COc2cc(C)c3c(-c4cnc(C)n4C)nn(C)c3n2)cc1. The van der Waals surface area contributed by atoms with E-state index < -0.39 is 0 Å². The molecule has 7 nitrogen and oxygen atoms in total. The predicted molar refractivity (Wildman–Crippen MR) is 125 cm³/mol. The minimum Gasteiger partial charge on any atom is -0.470 e. The Labute approximate surface area is 188 Å². The molecule has 1 atom stereocenters. The molecule has 0 saturated carbocycles. The standard InChI is InChI=1S/C25H29N5O2/c1-15-7-9-19(10-8-15)16(2)11-20(31)14-32-22-12-17(3)23-24(28-30(6)25(23)27-22)21-13-26-18(4)29(21)5/h7-10,12-13,16H,11,14H2,1-6H3/t16-/m1/s1. The van der Waals surface area contributed by atoms with E-state index in [0.29, 0.717) is 17.9 Å². The lowest BCUT2D eigenvalue weighted by Gasteiger charge is -2.12. The van der Waals surface area contributed by atoms with E-state index in [2.05, 4.69) is 53.2 Å². The van der Waals surface area contributed by atoms with Gasteiger partial charge >= 0.3 is 0 Å². The van der Waals surface area contributed by atoms with E-state index in [-0.39, 0.29) is 18.3 Å². The summed E-state index contributed by atoms with van der Waals surface area (Å²) in [6.07, 6.45) is 2.26. The second-order valence-electron chi connectivity index (χ2n) is 8.54. The van der Waals surface area contributed by atoms with Crippen LogP contribution in [0.1, 0.15) is 41.8 Å². The fourth-order valence-electron chi connectivity index (χ4n) is 3.94. The van der Waals surface area contributed by atoms with Crippen LogP contribution in [0.2, 0.25) is 0 Å². The maximum Gasteiger partial charge on any atom is 0.215 e. The highest BCUT2D eigenvalue weighted by Gasteiger charge is 2.19. The number of carbonyl (C=O) groups excluding carboxylic acids is 1. The molecule has 0 bridgehead atoms. The zero-order chi connectivity index (χ0) is 23.0. The summed E-state index contributed by atoms with van der Waals surface area (Å²) in [7, 11) is 3.83. The third kappa shape index (κ3) is 4.15. The molecule has 0 radical (unpaired) electrons.